The summed E-state index contributed by atoms with van der Waals surface area (Å²) in [7, 11) is 1.54. The summed E-state index contributed by atoms with van der Waals surface area (Å²) in [5.74, 6) is -0.475. The molecular formula is C27H29BrN4O4. The molecule has 2 aromatic carbocycles. The number of hydrogen-bond acceptors (Lipinski definition) is 5. The second-order valence-electron chi connectivity index (χ2n) is 9.84. The number of likely N-dealkylation sites (tertiary alicyclic amines) is 1. The van der Waals surface area contributed by atoms with E-state index in [4.69, 9.17) is 4.74 Å². The van der Waals surface area contributed by atoms with E-state index in [1.165, 1.54) is 9.80 Å². The van der Waals surface area contributed by atoms with Crippen LogP contribution in [0.2, 0.25) is 0 Å². The second-order valence-corrected chi connectivity index (χ2v) is 10.8. The maximum Gasteiger partial charge on any atom is 0.410 e. The fourth-order valence-corrected chi connectivity index (χ4v) is 5.37. The van der Waals surface area contributed by atoms with Crippen molar-refractivity contribution in [2.75, 3.05) is 18.9 Å². The molecule has 2 aliphatic rings. The van der Waals surface area contributed by atoms with Crippen LogP contribution in [-0.4, -0.2) is 53.4 Å². The van der Waals surface area contributed by atoms with Gasteiger partial charge in [0.05, 0.1) is 11.5 Å². The third-order valence-corrected chi connectivity index (χ3v) is 7.40. The van der Waals surface area contributed by atoms with Crippen molar-refractivity contribution in [2.45, 2.75) is 50.8 Å². The molecule has 3 atom stereocenters. The van der Waals surface area contributed by atoms with Crippen LogP contribution in [0.5, 0.6) is 0 Å². The van der Waals surface area contributed by atoms with Gasteiger partial charge in [-0.1, -0.05) is 60.1 Å². The van der Waals surface area contributed by atoms with Crippen molar-refractivity contribution < 1.29 is 19.1 Å². The van der Waals surface area contributed by atoms with Crippen LogP contribution >= 0.6 is 15.9 Å². The van der Waals surface area contributed by atoms with Crippen molar-refractivity contribution in [3.63, 3.8) is 0 Å². The highest BCUT2D eigenvalue weighted by Crippen LogP contribution is 2.47. The Balaban J connectivity index is 1.57. The van der Waals surface area contributed by atoms with Crippen LogP contribution in [0.15, 0.2) is 53.0 Å². The molecule has 3 amide bonds. The Kier molecular flexibility index (Phi) is 7.36. The largest absolute Gasteiger partial charge is 0.445 e. The van der Waals surface area contributed by atoms with Gasteiger partial charge in [-0.15, -0.1) is 0 Å². The molecule has 2 aliphatic heterocycles. The Morgan fingerprint density at radius 3 is 2.67 bits per heavy atom. The average Bonchev–Trinajstić information content (AvgIpc) is 3.39. The third kappa shape index (κ3) is 4.82. The molecule has 188 valence electrons. The fourth-order valence-electron chi connectivity index (χ4n) is 5.01. The van der Waals surface area contributed by atoms with Gasteiger partial charge < -0.3 is 15.0 Å². The van der Waals surface area contributed by atoms with Gasteiger partial charge in [-0.05, 0) is 41.7 Å². The van der Waals surface area contributed by atoms with Crippen LogP contribution in [0.25, 0.3) is 0 Å². The van der Waals surface area contributed by atoms with E-state index in [1.54, 1.807) is 7.05 Å². The normalized spacial score (nSPS) is 21.2. The topological polar surface area (TPSA) is 103 Å². The number of ether oxygens (including phenoxy) is 1. The quantitative estimate of drug-likeness (QED) is 0.570. The van der Waals surface area contributed by atoms with Crippen LogP contribution in [0.3, 0.4) is 0 Å². The van der Waals surface area contributed by atoms with Crippen molar-refractivity contribution >= 4 is 39.5 Å². The number of fused-ring (bicyclic) bond motifs is 2. The Hall–Kier alpha value is -3.38. The summed E-state index contributed by atoms with van der Waals surface area (Å²) in [5.41, 5.74) is 1.29. The number of amides is 3. The van der Waals surface area contributed by atoms with Crippen LogP contribution in [0.1, 0.15) is 37.8 Å². The first-order chi connectivity index (χ1) is 17.2. The minimum absolute atomic E-state index is 0.0703. The molecule has 0 bridgehead atoms. The summed E-state index contributed by atoms with van der Waals surface area (Å²) in [5, 5.41) is 12.9. The number of rotatable bonds is 6. The van der Waals surface area contributed by atoms with Crippen LogP contribution in [-0.2, 0) is 26.3 Å². The number of hydrogen-bond donors (Lipinski definition) is 1. The van der Waals surface area contributed by atoms with Gasteiger partial charge in [0, 0.05) is 30.2 Å². The Morgan fingerprint density at radius 1 is 1.28 bits per heavy atom. The van der Waals surface area contributed by atoms with Gasteiger partial charge in [0.25, 0.3) is 0 Å². The highest BCUT2D eigenvalue weighted by Gasteiger charge is 2.56. The van der Waals surface area contributed by atoms with Crippen LogP contribution in [0.4, 0.5) is 10.5 Å². The molecule has 8 nitrogen and oxygen atoms in total. The zero-order chi connectivity index (χ0) is 26.0. The first kappa shape index (κ1) is 25.7. The van der Waals surface area contributed by atoms with E-state index in [-0.39, 0.29) is 37.3 Å². The number of benzene rings is 2. The van der Waals surface area contributed by atoms with Gasteiger partial charge in [0.15, 0.2) is 0 Å². The van der Waals surface area contributed by atoms with Crippen molar-refractivity contribution in [3.8, 4) is 6.07 Å². The lowest BCUT2D eigenvalue weighted by molar-refractivity contribution is -0.137. The summed E-state index contributed by atoms with van der Waals surface area (Å²) in [4.78, 5) is 42.7. The van der Waals surface area contributed by atoms with Gasteiger partial charge >= 0.3 is 6.09 Å². The van der Waals surface area contributed by atoms with Gasteiger partial charge in [-0.2, -0.15) is 5.26 Å². The predicted molar refractivity (Wildman–Crippen MR) is 138 cm³/mol. The monoisotopic (exact) mass is 552 g/mol. The number of nitrogens with zero attached hydrogens (tertiary/aromatic N) is 3. The minimum Gasteiger partial charge on any atom is -0.445 e. The standard InChI is InChI=1S/C27H29BrN4O4/c1-17(2)11-23(31(3)26(35)36-15-18-7-5-4-6-8-18)24(33)32-16-27(13-20(32)14-29)21-12-19(28)9-10-22(21)30-25(27)34/h4-10,12,17,20,23H,11,13,15-16H2,1-3H3,(H,30,34)/t20-,23-,27-/m0/s1. The van der Waals surface area contributed by atoms with E-state index < -0.39 is 23.6 Å². The van der Waals surface area contributed by atoms with Crippen molar-refractivity contribution in [1.82, 2.24) is 9.80 Å². The van der Waals surface area contributed by atoms with Gasteiger partial charge in [0.1, 0.15) is 18.7 Å². The lowest BCUT2D eigenvalue weighted by Crippen LogP contribution is -2.52. The molecule has 1 fully saturated rings. The lowest BCUT2D eigenvalue weighted by atomic mass is 9.80. The molecule has 1 spiro atoms. The number of nitriles is 1. The second kappa shape index (κ2) is 10.3. The van der Waals surface area contributed by atoms with Gasteiger partial charge in [0.2, 0.25) is 11.8 Å². The van der Waals surface area contributed by atoms with E-state index >= 15 is 0 Å². The Bertz CT molecular complexity index is 1210. The number of likely N-dealkylation sites (N-methyl/N-ethyl adjacent to an activating group) is 1. The van der Waals surface area contributed by atoms with Gasteiger partial charge in [-0.25, -0.2) is 4.79 Å². The molecule has 36 heavy (non-hydrogen) atoms. The number of halogens is 1. The molecule has 0 aliphatic carbocycles. The first-order valence-corrected chi connectivity index (χ1v) is 12.7. The summed E-state index contributed by atoms with van der Waals surface area (Å²) < 4.78 is 6.28. The predicted octanol–water partition coefficient (Wildman–Crippen LogP) is 4.45. The number of anilines is 1. The molecule has 4 rings (SSSR count). The highest BCUT2D eigenvalue weighted by atomic mass is 79.9. The molecule has 2 aromatic rings. The summed E-state index contributed by atoms with van der Waals surface area (Å²) in [6.07, 6.45) is -0.0273. The van der Waals surface area contributed by atoms with E-state index in [2.05, 4.69) is 27.3 Å². The summed E-state index contributed by atoms with van der Waals surface area (Å²) >= 11 is 3.47. The first-order valence-electron chi connectivity index (χ1n) is 11.9. The van der Waals surface area contributed by atoms with E-state index in [9.17, 15) is 19.6 Å². The molecule has 0 radical (unpaired) electrons. The molecule has 1 saturated heterocycles. The minimum atomic E-state index is -1.01. The van der Waals surface area contributed by atoms with Crippen LogP contribution < -0.4 is 5.32 Å². The third-order valence-electron chi connectivity index (χ3n) is 6.91. The smallest absolute Gasteiger partial charge is 0.410 e. The molecule has 0 aromatic heterocycles. The fraction of sp³-hybridized carbons (Fsp3) is 0.407. The SMILES string of the molecule is CC(C)C[C@@H](C(=O)N1C[C@]2(C[C@H]1C#N)C(=O)Nc1ccc(Br)cc12)N(C)C(=O)OCc1ccccc1. The number of carbonyl (C=O) groups is 3. The van der Waals surface area contributed by atoms with E-state index in [0.717, 1.165) is 15.6 Å². The van der Waals surface area contributed by atoms with Gasteiger partial charge in [-0.3, -0.25) is 14.5 Å². The molecule has 0 unspecified atom stereocenters. The zero-order valence-electron chi connectivity index (χ0n) is 20.5. The molecule has 1 N–H and O–H groups in total. The van der Waals surface area contributed by atoms with E-state index in [0.29, 0.717) is 12.1 Å². The molecule has 0 saturated carbocycles. The Labute approximate surface area is 219 Å². The number of carbonyl (C=O) groups excluding carboxylic acids is 3. The van der Waals surface area contributed by atoms with Crippen molar-refractivity contribution in [3.05, 3.63) is 64.1 Å². The zero-order valence-corrected chi connectivity index (χ0v) is 22.1. The summed E-state index contributed by atoms with van der Waals surface area (Å²) in [6, 6.07) is 15.4. The highest BCUT2D eigenvalue weighted by molar-refractivity contribution is 9.10. The molecule has 9 heteroatoms. The maximum absolute atomic E-state index is 13.9. The number of nitrogens with one attached hydrogen (secondary N) is 1. The molecular weight excluding hydrogens is 524 g/mol. The lowest BCUT2D eigenvalue weighted by Gasteiger charge is -2.32. The van der Waals surface area contributed by atoms with Crippen molar-refractivity contribution in [2.24, 2.45) is 5.92 Å². The maximum atomic E-state index is 13.9. The van der Waals surface area contributed by atoms with E-state index in [1.807, 2.05) is 62.4 Å². The Morgan fingerprint density at radius 2 is 2.00 bits per heavy atom. The average molecular weight is 553 g/mol. The van der Waals surface area contributed by atoms with Crippen molar-refractivity contribution in [1.29, 1.82) is 5.26 Å². The molecule has 2 heterocycles. The summed E-state index contributed by atoms with van der Waals surface area (Å²) in [6.45, 7) is 4.09. The van der Waals surface area contributed by atoms with Crippen LogP contribution in [0, 0.1) is 17.2 Å².